The molecule has 1 rings (SSSR count). The molecule has 1 saturated carbocycles. The van der Waals surface area contributed by atoms with E-state index in [4.69, 9.17) is 0 Å². The molecule has 1 aliphatic rings. The zero-order valence-corrected chi connectivity index (χ0v) is 19.5. The molecule has 0 aromatic carbocycles. The first-order valence-electron chi connectivity index (χ1n) is 12.6. The SMILES string of the molecule is CCCCCCCCCN(CCCCCCCCC)C1[C@H](O)[C@H](O)C(O)[C@H](O)[C@H]1O. The van der Waals surface area contributed by atoms with E-state index in [1.54, 1.807) is 0 Å². The van der Waals surface area contributed by atoms with E-state index in [2.05, 4.69) is 13.8 Å². The summed E-state index contributed by atoms with van der Waals surface area (Å²) in [6.45, 7) is 5.86. The first-order chi connectivity index (χ1) is 14.5. The molecule has 180 valence electrons. The zero-order chi connectivity index (χ0) is 22.4. The lowest BCUT2D eigenvalue weighted by molar-refractivity contribution is -0.209. The van der Waals surface area contributed by atoms with Crippen molar-refractivity contribution >= 4 is 0 Å². The van der Waals surface area contributed by atoms with Crippen molar-refractivity contribution in [1.82, 2.24) is 4.90 Å². The molecule has 0 heterocycles. The Morgan fingerprint density at radius 3 is 1.10 bits per heavy atom. The van der Waals surface area contributed by atoms with E-state index in [0.717, 1.165) is 38.8 Å². The lowest BCUT2D eigenvalue weighted by atomic mass is 9.82. The van der Waals surface area contributed by atoms with Crippen molar-refractivity contribution in [1.29, 1.82) is 0 Å². The molecule has 0 bridgehead atoms. The average Bonchev–Trinajstić information content (AvgIpc) is 2.74. The molecule has 0 aromatic rings. The van der Waals surface area contributed by atoms with Crippen LogP contribution in [0.4, 0.5) is 0 Å². The number of aliphatic hydroxyl groups is 5. The molecule has 0 aromatic heterocycles. The second kappa shape index (κ2) is 16.4. The summed E-state index contributed by atoms with van der Waals surface area (Å²) in [4.78, 5) is 2.03. The monoisotopic (exact) mass is 431 g/mol. The number of hydrogen-bond acceptors (Lipinski definition) is 6. The van der Waals surface area contributed by atoms with Gasteiger partial charge < -0.3 is 25.5 Å². The second-order valence-corrected chi connectivity index (χ2v) is 9.22. The highest BCUT2D eigenvalue weighted by Crippen LogP contribution is 2.26. The molecule has 0 radical (unpaired) electrons. The summed E-state index contributed by atoms with van der Waals surface area (Å²) in [5.41, 5.74) is 0. The van der Waals surface area contributed by atoms with Crippen LogP contribution in [0.5, 0.6) is 0 Å². The third-order valence-electron chi connectivity index (χ3n) is 6.62. The average molecular weight is 432 g/mol. The molecular formula is C24H49NO5. The van der Waals surface area contributed by atoms with Crippen molar-refractivity contribution < 1.29 is 25.5 Å². The molecule has 6 nitrogen and oxygen atoms in total. The number of hydrogen-bond donors (Lipinski definition) is 5. The molecule has 0 aliphatic heterocycles. The van der Waals surface area contributed by atoms with Crippen molar-refractivity contribution in [2.24, 2.45) is 0 Å². The van der Waals surface area contributed by atoms with Crippen LogP contribution in [-0.2, 0) is 0 Å². The summed E-state index contributed by atoms with van der Waals surface area (Å²) in [6, 6.07) is -0.751. The summed E-state index contributed by atoms with van der Waals surface area (Å²) in [6.07, 6.45) is 9.61. The van der Waals surface area contributed by atoms with E-state index in [0.29, 0.717) is 0 Å². The van der Waals surface area contributed by atoms with Gasteiger partial charge in [-0.3, -0.25) is 4.90 Å². The van der Waals surface area contributed by atoms with E-state index in [1.165, 1.54) is 64.2 Å². The molecule has 6 atom stereocenters. The Labute approximate surface area is 184 Å². The van der Waals surface area contributed by atoms with Crippen molar-refractivity contribution in [3.8, 4) is 0 Å². The molecule has 0 saturated heterocycles. The Morgan fingerprint density at radius 2 is 0.733 bits per heavy atom. The topological polar surface area (TPSA) is 104 Å². The Kier molecular flexibility index (Phi) is 15.2. The quantitative estimate of drug-likeness (QED) is 0.227. The Hall–Kier alpha value is -0.240. The fourth-order valence-corrected chi connectivity index (χ4v) is 4.60. The molecule has 5 N–H and O–H groups in total. The fraction of sp³-hybridized carbons (Fsp3) is 1.00. The van der Waals surface area contributed by atoms with E-state index in [9.17, 15) is 25.5 Å². The van der Waals surface area contributed by atoms with Crippen LogP contribution in [0.25, 0.3) is 0 Å². The largest absolute Gasteiger partial charge is 0.389 e. The second-order valence-electron chi connectivity index (χ2n) is 9.22. The summed E-state index contributed by atoms with van der Waals surface area (Å²) >= 11 is 0. The number of nitrogens with zero attached hydrogens (tertiary/aromatic N) is 1. The third-order valence-corrected chi connectivity index (χ3v) is 6.62. The van der Waals surface area contributed by atoms with Crippen molar-refractivity contribution in [2.45, 2.75) is 140 Å². The van der Waals surface area contributed by atoms with Gasteiger partial charge in [-0.05, 0) is 25.9 Å². The highest BCUT2D eigenvalue weighted by atomic mass is 16.4. The standard InChI is InChI=1S/C24H49NO5/c1-3-5-7-9-11-13-15-17-25(18-16-14-12-10-8-6-4-2)19-20(26)22(28)24(30)23(29)21(19)27/h19-24,26-30H,3-18H2,1-2H3/t19?,20-,21-,22-,23+,24?/m0/s1. The van der Waals surface area contributed by atoms with E-state index in [-0.39, 0.29) is 0 Å². The lowest BCUT2D eigenvalue weighted by Gasteiger charge is -2.46. The van der Waals surface area contributed by atoms with Gasteiger partial charge in [0.25, 0.3) is 0 Å². The first kappa shape index (κ1) is 27.8. The van der Waals surface area contributed by atoms with Crippen molar-refractivity contribution in [2.75, 3.05) is 13.1 Å². The molecule has 2 unspecified atom stereocenters. The van der Waals surface area contributed by atoms with Crippen LogP contribution in [0.3, 0.4) is 0 Å². The minimum Gasteiger partial charge on any atom is -0.389 e. The van der Waals surface area contributed by atoms with Crippen LogP contribution < -0.4 is 0 Å². The number of rotatable bonds is 17. The fourth-order valence-electron chi connectivity index (χ4n) is 4.60. The van der Waals surface area contributed by atoms with Crippen LogP contribution in [0.2, 0.25) is 0 Å². The summed E-state index contributed by atoms with van der Waals surface area (Å²) in [5, 5.41) is 51.2. The van der Waals surface area contributed by atoms with Gasteiger partial charge in [0.15, 0.2) is 0 Å². The normalized spacial score (nSPS) is 29.6. The molecule has 0 amide bonds. The van der Waals surface area contributed by atoms with Gasteiger partial charge in [0, 0.05) is 0 Å². The Balaban J connectivity index is 2.55. The Bertz CT molecular complexity index is 377. The smallest absolute Gasteiger partial charge is 0.111 e. The van der Waals surface area contributed by atoms with Crippen molar-refractivity contribution in [3.63, 3.8) is 0 Å². The lowest BCUT2D eigenvalue weighted by Crippen LogP contribution is -2.68. The summed E-state index contributed by atoms with van der Waals surface area (Å²) in [7, 11) is 0. The van der Waals surface area contributed by atoms with Crippen LogP contribution in [0, 0.1) is 0 Å². The van der Waals surface area contributed by atoms with Gasteiger partial charge in [0.1, 0.15) is 30.5 Å². The maximum atomic E-state index is 10.5. The van der Waals surface area contributed by atoms with E-state index < -0.39 is 36.6 Å². The molecule has 0 spiro atoms. The van der Waals surface area contributed by atoms with Crippen LogP contribution in [0.15, 0.2) is 0 Å². The minimum absolute atomic E-state index is 0.720. The van der Waals surface area contributed by atoms with E-state index in [1.807, 2.05) is 4.90 Å². The summed E-state index contributed by atoms with van der Waals surface area (Å²) in [5.74, 6) is 0. The zero-order valence-electron chi connectivity index (χ0n) is 19.5. The van der Waals surface area contributed by atoms with Crippen molar-refractivity contribution in [3.05, 3.63) is 0 Å². The van der Waals surface area contributed by atoms with Gasteiger partial charge in [-0.25, -0.2) is 0 Å². The number of unbranched alkanes of at least 4 members (excludes halogenated alkanes) is 12. The van der Waals surface area contributed by atoms with Gasteiger partial charge in [0.05, 0.1) is 6.04 Å². The molecular weight excluding hydrogens is 382 g/mol. The maximum absolute atomic E-state index is 10.5. The van der Waals surface area contributed by atoms with Crippen LogP contribution in [0.1, 0.15) is 104 Å². The van der Waals surface area contributed by atoms with Gasteiger partial charge in [-0.2, -0.15) is 0 Å². The molecule has 30 heavy (non-hydrogen) atoms. The van der Waals surface area contributed by atoms with Gasteiger partial charge in [-0.15, -0.1) is 0 Å². The van der Waals surface area contributed by atoms with Gasteiger partial charge in [0.2, 0.25) is 0 Å². The molecule has 6 heteroatoms. The van der Waals surface area contributed by atoms with Crippen LogP contribution >= 0.6 is 0 Å². The van der Waals surface area contributed by atoms with Gasteiger partial charge >= 0.3 is 0 Å². The summed E-state index contributed by atoms with van der Waals surface area (Å²) < 4.78 is 0. The predicted octanol–water partition coefficient (Wildman–Crippen LogP) is 2.98. The maximum Gasteiger partial charge on any atom is 0.111 e. The van der Waals surface area contributed by atoms with E-state index >= 15 is 0 Å². The molecule has 1 fully saturated rings. The Morgan fingerprint density at radius 1 is 0.433 bits per heavy atom. The third kappa shape index (κ3) is 9.49. The minimum atomic E-state index is -1.52. The predicted molar refractivity (Wildman–Crippen MR) is 121 cm³/mol. The highest BCUT2D eigenvalue weighted by Gasteiger charge is 2.50. The molecule has 1 aliphatic carbocycles. The van der Waals surface area contributed by atoms with Gasteiger partial charge in [-0.1, -0.05) is 90.9 Å². The van der Waals surface area contributed by atoms with Crippen LogP contribution in [-0.4, -0.2) is 80.1 Å². The number of aliphatic hydroxyl groups excluding tert-OH is 5. The first-order valence-corrected chi connectivity index (χ1v) is 12.6. The highest BCUT2D eigenvalue weighted by molar-refractivity contribution is 5.03.